The summed E-state index contributed by atoms with van der Waals surface area (Å²) in [5.74, 6) is 0.0685. The molecule has 19 heavy (non-hydrogen) atoms. The van der Waals surface area contributed by atoms with Crippen LogP contribution in [-0.2, 0) is 0 Å². The Morgan fingerprint density at radius 3 is 2.95 bits per heavy atom. The van der Waals surface area contributed by atoms with Crippen LogP contribution in [0.5, 0.6) is 5.75 Å². The maximum atomic E-state index is 12.0. The molecule has 1 saturated carbocycles. The van der Waals surface area contributed by atoms with Gasteiger partial charge in [0.2, 0.25) is 0 Å². The van der Waals surface area contributed by atoms with Gasteiger partial charge in [-0.25, -0.2) is 0 Å². The molecule has 0 radical (unpaired) electrons. The number of nitrogens with one attached hydrogen (secondary N) is 1. The van der Waals surface area contributed by atoms with Crippen molar-refractivity contribution in [3.05, 3.63) is 28.8 Å². The molecule has 0 spiro atoms. The van der Waals surface area contributed by atoms with E-state index in [9.17, 15) is 9.90 Å². The van der Waals surface area contributed by atoms with Gasteiger partial charge in [-0.3, -0.25) is 4.79 Å². The van der Waals surface area contributed by atoms with E-state index in [4.69, 9.17) is 23.2 Å². The number of aromatic hydroxyl groups is 1. The van der Waals surface area contributed by atoms with Gasteiger partial charge in [-0.1, -0.05) is 18.0 Å². The minimum atomic E-state index is -0.295. The fourth-order valence-corrected chi connectivity index (χ4v) is 3.01. The molecule has 3 nitrogen and oxygen atoms in total. The quantitative estimate of drug-likeness (QED) is 0.839. The van der Waals surface area contributed by atoms with Crippen LogP contribution in [0, 0.1) is 5.92 Å². The Morgan fingerprint density at radius 2 is 2.21 bits per heavy atom. The van der Waals surface area contributed by atoms with Gasteiger partial charge in [-0.2, -0.15) is 0 Å². The molecule has 1 aliphatic carbocycles. The third-order valence-electron chi connectivity index (χ3n) is 3.47. The van der Waals surface area contributed by atoms with Gasteiger partial charge in [0.15, 0.2) is 0 Å². The predicted molar refractivity (Wildman–Crippen MR) is 77.0 cm³/mol. The average Bonchev–Trinajstić information content (AvgIpc) is 2.39. The number of carbonyl (C=O) groups is 1. The molecule has 0 bridgehead atoms. The molecule has 2 unspecified atom stereocenters. The van der Waals surface area contributed by atoms with Gasteiger partial charge in [-0.15, -0.1) is 11.6 Å². The Kier molecular flexibility index (Phi) is 4.94. The van der Waals surface area contributed by atoms with Crippen LogP contribution in [0.3, 0.4) is 0 Å². The summed E-state index contributed by atoms with van der Waals surface area (Å²) in [6.07, 6.45) is 4.19. The minimum Gasteiger partial charge on any atom is -0.507 e. The highest BCUT2D eigenvalue weighted by Gasteiger charge is 2.21. The summed E-state index contributed by atoms with van der Waals surface area (Å²) in [6.45, 7) is 0.591. The lowest BCUT2D eigenvalue weighted by Gasteiger charge is -2.25. The SMILES string of the molecule is O=C(NCC1CCCC(Cl)C1)c1cc(Cl)ccc1O. The third-order valence-corrected chi connectivity index (χ3v) is 4.10. The maximum absolute atomic E-state index is 12.0. The van der Waals surface area contributed by atoms with Gasteiger partial charge in [0.1, 0.15) is 5.75 Å². The fourth-order valence-electron chi connectivity index (χ4n) is 2.43. The van der Waals surface area contributed by atoms with E-state index in [2.05, 4.69) is 5.32 Å². The second-order valence-electron chi connectivity index (χ2n) is 5.00. The minimum absolute atomic E-state index is 0.0548. The highest BCUT2D eigenvalue weighted by Crippen LogP contribution is 2.27. The van der Waals surface area contributed by atoms with Crippen molar-refractivity contribution < 1.29 is 9.90 Å². The summed E-state index contributed by atoms with van der Waals surface area (Å²) in [5, 5.41) is 13.1. The number of hydrogen-bond donors (Lipinski definition) is 2. The smallest absolute Gasteiger partial charge is 0.255 e. The molecule has 0 aromatic heterocycles. The van der Waals surface area contributed by atoms with E-state index < -0.39 is 0 Å². The van der Waals surface area contributed by atoms with Gasteiger partial charge in [0.05, 0.1) is 5.56 Å². The summed E-state index contributed by atoms with van der Waals surface area (Å²) in [4.78, 5) is 12.0. The van der Waals surface area contributed by atoms with Crippen molar-refractivity contribution in [2.24, 2.45) is 5.92 Å². The molecule has 5 heteroatoms. The number of rotatable bonds is 3. The fraction of sp³-hybridized carbons (Fsp3) is 0.500. The Balaban J connectivity index is 1.92. The third kappa shape index (κ3) is 4.02. The number of halogens is 2. The van der Waals surface area contributed by atoms with Crippen LogP contribution in [0.1, 0.15) is 36.0 Å². The highest BCUT2D eigenvalue weighted by molar-refractivity contribution is 6.31. The molecule has 2 atom stereocenters. The zero-order valence-corrected chi connectivity index (χ0v) is 12.0. The molecule has 1 aromatic rings. The van der Waals surface area contributed by atoms with Crippen molar-refractivity contribution in [3.8, 4) is 5.75 Å². The van der Waals surface area contributed by atoms with E-state index in [1.165, 1.54) is 12.1 Å². The molecule has 2 rings (SSSR count). The lowest BCUT2D eigenvalue weighted by Crippen LogP contribution is -2.32. The molecular formula is C14H17Cl2NO2. The van der Waals surface area contributed by atoms with E-state index in [-0.39, 0.29) is 22.6 Å². The molecular weight excluding hydrogens is 285 g/mol. The lowest BCUT2D eigenvalue weighted by atomic mass is 9.89. The summed E-state index contributed by atoms with van der Waals surface area (Å²) in [7, 11) is 0. The lowest BCUT2D eigenvalue weighted by molar-refractivity contribution is 0.0941. The van der Waals surface area contributed by atoms with E-state index in [1.807, 2.05) is 0 Å². The van der Waals surface area contributed by atoms with E-state index in [0.29, 0.717) is 17.5 Å². The Hall–Kier alpha value is -0.930. The molecule has 0 saturated heterocycles. The van der Waals surface area contributed by atoms with Crippen LogP contribution in [0.25, 0.3) is 0 Å². The van der Waals surface area contributed by atoms with Crippen LogP contribution < -0.4 is 5.32 Å². The highest BCUT2D eigenvalue weighted by atomic mass is 35.5. The number of carbonyl (C=O) groups excluding carboxylic acids is 1. The zero-order valence-electron chi connectivity index (χ0n) is 10.5. The Bertz CT molecular complexity index is 465. The van der Waals surface area contributed by atoms with Crippen molar-refractivity contribution in [1.29, 1.82) is 0 Å². The van der Waals surface area contributed by atoms with E-state index in [1.54, 1.807) is 6.07 Å². The van der Waals surface area contributed by atoms with Crippen LogP contribution in [0.4, 0.5) is 0 Å². The molecule has 0 heterocycles. The predicted octanol–water partition coefficient (Wildman–Crippen LogP) is 3.57. The summed E-state index contributed by atoms with van der Waals surface area (Å²) in [5.41, 5.74) is 0.214. The first-order valence-corrected chi connectivity index (χ1v) is 7.28. The molecule has 2 N–H and O–H groups in total. The van der Waals surface area contributed by atoms with Gasteiger partial charge >= 0.3 is 0 Å². The van der Waals surface area contributed by atoms with E-state index >= 15 is 0 Å². The normalized spacial score (nSPS) is 23.1. The number of benzene rings is 1. The number of alkyl halides is 1. The Morgan fingerprint density at radius 1 is 1.42 bits per heavy atom. The molecule has 1 fully saturated rings. The van der Waals surface area contributed by atoms with Crippen LogP contribution in [0.2, 0.25) is 5.02 Å². The van der Waals surface area contributed by atoms with Crippen LogP contribution in [0.15, 0.2) is 18.2 Å². The van der Waals surface area contributed by atoms with Gasteiger partial charge in [-0.05, 0) is 43.4 Å². The Labute approximate surface area is 122 Å². The first kappa shape index (κ1) is 14.5. The van der Waals surface area contributed by atoms with Crippen molar-refractivity contribution in [1.82, 2.24) is 5.32 Å². The molecule has 1 amide bonds. The first-order valence-electron chi connectivity index (χ1n) is 6.47. The molecule has 0 aliphatic heterocycles. The number of amides is 1. The average molecular weight is 302 g/mol. The van der Waals surface area contributed by atoms with E-state index in [0.717, 1.165) is 25.7 Å². The van der Waals surface area contributed by atoms with Gasteiger partial charge in [0, 0.05) is 16.9 Å². The monoisotopic (exact) mass is 301 g/mol. The van der Waals surface area contributed by atoms with Gasteiger partial charge in [0.25, 0.3) is 5.91 Å². The summed E-state index contributed by atoms with van der Waals surface area (Å²) >= 11 is 11.9. The summed E-state index contributed by atoms with van der Waals surface area (Å²) in [6, 6.07) is 4.44. The zero-order chi connectivity index (χ0) is 13.8. The molecule has 1 aliphatic rings. The molecule has 104 valence electrons. The van der Waals surface area contributed by atoms with Crippen LogP contribution >= 0.6 is 23.2 Å². The first-order chi connectivity index (χ1) is 9.06. The van der Waals surface area contributed by atoms with Crippen molar-refractivity contribution in [2.75, 3.05) is 6.54 Å². The number of phenols is 1. The topological polar surface area (TPSA) is 49.3 Å². The van der Waals surface area contributed by atoms with Gasteiger partial charge < -0.3 is 10.4 Å². The van der Waals surface area contributed by atoms with Crippen molar-refractivity contribution in [2.45, 2.75) is 31.1 Å². The standard InChI is InChI=1S/C14H17Cl2NO2/c15-10-3-1-2-9(6-10)8-17-14(19)12-7-11(16)4-5-13(12)18/h4-5,7,9-10,18H,1-3,6,8H2,(H,17,19). The number of hydrogen-bond acceptors (Lipinski definition) is 2. The number of phenolic OH excluding ortho intramolecular Hbond substituents is 1. The second kappa shape index (κ2) is 6.49. The summed E-state index contributed by atoms with van der Waals surface area (Å²) < 4.78 is 0. The second-order valence-corrected chi connectivity index (χ2v) is 6.06. The van der Waals surface area contributed by atoms with Crippen molar-refractivity contribution >= 4 is 29.1 Å². The maximum Gasteiger partial charge on any atom is 0.255 e. The largest absolute Gasteiger partial charge is 0.507 e. The molecule has 1 aromatic carbocycles. The van der Waals surface area contributed by atoms with Crippen molar-refractivity contribution in [3.63, 3.8) is 0 Å². The van der Waals surface area contributed by atoms with Crippen LogP contribution in [-0.4, -0.2) is 22.9 Å².